The van der Waals surface area contributed by atoms with E-state index in [0.29, 0.717) is 30.3 Å². The van der Waals surface area contributed by atoms with Gasteiger partial charge in [-0.3, -0.25) is 9.59 Å². The van der Waals surface area contributed by atoms with E-state index in [4.69, 9.17) is 4.74 Å². The van der Waals surface area contributed by atoms with E-state index in [0.717, 1.165) is 32.4 Å². The van der Waals surface area contributed by atoms with Gasteiger partial charge in [-0.05, 0) is 49.0 Å². The summed E-state index contributed by atoms with van der Waals surface area (Å²) >= 11 is 0. The van der Waals surface area contributed by atoms with Gasteiger partial charge in [-0.25, -0.2) is 0 Å². The lowest BCUT2D eigenvalue weighted by molar-refractivity contribution is -0.143. The van der Waals surface area contributed by atoms with Gasteiger partial charge in [-0.1, -0.05) is 30.3 Å². The van der Waals surface area contributed by atoms with E-state index in [2.05, 4.69) is 35.2 Å². The average Bonchev–Trinajstić information content (AvgIpc) is 3.17. The third kappa shape index (κ3) is 2.49. The topological polar surface area (TPSA) is 46.6 Å². The molecule has 1 aromatic carbocycles. The zero-order chi connectivity index (χ0) is 17.1. The molecule has 0 radical (unpaired) electrons. The van der Waals surface area contributed by atoms with Crippen LogP contribution in [-0.2, 0) is 14.3 Å². The predicted octanol–water partition coefficient (Wildman–Crippen LogP) is 3.13. The summed E-state index contributed by atoms with van der Waals surface area (Å²) in [5.74, 6) is 1.02. The van der Waals surface area contributed by atoms with Crippen molar-refractivity contribution in [1.82, 2.24) is 4.90 Å². The fourth-order valence-corrected chi connectivity index (χ4v) is 5.73. The smallest absolute Gasteiger partial charge is 0.306 e. The van der Waals surface area contributed by atoms with Crippen molar-refractivity contribution < 1.29 is 14.3 Å². The molecule has 2 saturated carbocycles. The van der Waals surface area contributed by atoms with Gasteiger partial charge in [0.25, 0.3) is 0 Å². The van der Waals surface area contributed by atoms with Crippen LogP contribution in [0.1, 0.15) is 50.0 Å². The number of nitrogens with zero attached hydrogens (tertiary/aromatic N) is 1. The van der Waals surface area contributed by atoms with Crippen LogP contribution in [0.15, 0.2) is 30.3 Å². The molecule has 0 atom stereocenters. The van der Waals surface area contributed by atoms with Crippen molar-refractivity contribution >= 4 is 11.9 Å². The van der Waals surface area contributed by atoms with Crippen LogP contribution in [0.5, 0.6) is 0 Å². The summed E-state index contributed by atoms with van der Waals surface area (Å²) in [6.07, 6.45) is 5.79. The molecule has 2 saturated heterocycles. The molecule has 4 fully saturated rings. The Balaban J connectivity index is 1.16. The highest BCUT2D eigenvalue weighted by Gasteiger charge is 2.55. The predicted molar refractivity (Wildman–Crippen MR) is 92.8 cm³/mol. The van der Waals surface area contributed by atoms with Gasteiger partial charge >= 0.3 is 5.97 Å². The minimum Gasteiger partial charge on any atom is -0.465 e. The highest BCUT2D eigenvalue weighted by molar-refractivity contribution is 5.81. The van der Waals surface area contributed by atoms with Gasteiger partial charge in [0.15, 0.2) is 0 Å². The van der Waals surface area contributed by atoms with Gasteiger partial charge in [-0.15, -0.1) is 0 Å². The second kappa shape index (κ2) is 5.33. The monoisotopic (exact) mass is 339 g/mol. The lowest BCUT2D eigenvalue weighted by atomic mass is 9.59. The van der Waals surface area contributed by atoms with Gasteiger partial charge in [0.05, 0.1) is 13.0 Å². The van der Waals surface area contributed by atoms with Gasteiger partial charge in [-0.2, -0.15) is 0 Å². The quantitative estimate of drug-likeness (QED) is 0.778. The van der Waals surface area contributed by atoms with Crippen LogP contribution in [0.4, 0.5) is 0 Å². The number of rotatable bonds is 2. The molecule has 2 aliphatic heterocycles. The molecular weight excluding hydrogens is 314 g/mol. The van der Waals surface area contributed by atoms with Crippen molar-refractivity contribution in [3.8, 4) is 0 Å². The second-order valence-electron chi connectivity index (χ2n) is 8.97. The molecule has 132 valence electrons. The maximum atomic E-state index is 12.8. The Kier molecular flexibility index (Phi) is 3.28. The summed E-state index contributed by atoms with van der Waals surface area (Å²) in [5, 5.41) is 0. The van der Waals surface area contributed by atoms with E-state index in [9.17, 15) is 9.59 Å². The Morgan fingerprint density at radius 1 is 1.08 bits per heavy atom. The Bertz CT molecular complexity index is 701. The number of hydrogen-bond acceptors (Lipinski definition) is 3. The van der Waals surface area contributed by atoms with Crippen molar-refractivity contribution in [1.29, 1.82) is 0 Å². The SMILES string of the molecule is O=C1CC2(CO1)CC(C(=O)N1CCC3(CC(c4ccccc4)C3)C1)C2. The molecule has 0 unspecified atom stereocenters. The van der Waals surface area contributed by atoms with E-state index in [-0.39, 0.29) is 17.3 Å². The number of carbonyl (C=O) groups is 2. The van der Waals surface area contributed by atoms with Crippen molar-refractivity contribution in [3.63, 3.8) is 0 Å². The van der Waals surface area contributed by atoms with Crippen LogP contribution in [0, 0.1) is 16.7 Å². The van der Waals surface area contributed by atoms with Gasteiger partial charge < -0.3 is 9.64 Å². The number of likely N-dealkylation sites (tertiary alicyclic amines) is 1. The van der Waals surface area contributed by atoms with Crippen LogP contribution in [0.25, 0.3) is 0 Å². The van der Waals surface area contributed by atoms with Gasteiger partial charge in [0.1, 0.15) is 0 Å². The highest BCUT2D eigenvalue weighted by Crippen LogP contribution is 2.57. The van der Waals surface area contributed by atoms with E-state index < -0.39 is 0 Å². The third-order valence-electron chi connectivity index (χ3n) is 7.15. The Hall–Kier alpha value is -1.84. The summed E-state index contributed by atoms with van der Waals surface area (Å²) in [7, 11) is 0. The molecule has 0 bridgehead atoms. The van der Waals surface area contributed by atoms with Crippen molar-refractivity contribution in [2.45, 2.75) is 44.4 Å². The lowest BCUT2D eigenvalue weighted by Gasteiger charge is -2.46. The van der Waals surface area contributed by atoms with Crippen molar-refractivity contribution in [2.24, 2.45) is 16.7 Å². The molecule has 4 heteroatoms. The summed E-state index contributed by atoms with van der Waals surface area (Å²) in [6, 6.07) is 10.8. The summed E-state index contributed by atoms with van der Waals surface area (Å²) in [6.45, 7) is 2.38. The molecule has 5 rings (SSSR count). The zero-order valence-electron chi connectivity index (χ0n) is 14.6. The lowest BCUT2D eigenvalue weighted by Crippen LogP contribution is -2.48. The maximum absolute atomic E-state index is 12.8. The molecule has 0 aromatic heterocycles. The number of ether oxygens (including phenoxy) is 1. The molecule has 4 aliphatic rings. The van der Waals surface area contributed by atoms with Crippen LogP contribution >= 0.6 is 0 Å². The molecule has 25 heavy (non-hydrogen) atoms. The largest absolute Gasteiger partial charge is 0.465 e. The first kappa shape index (κ1) is 15.4. The Morgan fingerprint density at radius 3 is 2.52 bits per heavy atom. The maximum Gasteiger partial charge on any atom is 0.306 e. The number of esters is 1. The molecule has 1 aromatic rings. The zero-order valence-corrected chi connectivity index (χ0v) is 14.6. The molecule has 4 nitrogen and oxygen atoms in total. The van der Waals surface area contributed by atoms with Crippen LogP contribution in [0.2, 0.25) is 0 Å². The van der Waals surface area contributed by atoms with Crippen LogP contribution in [-0.4, -0.2) is 36.5 Å². The summed E-state index contributed by atoms with van der Waals surface area (Å²) < 4.78 is 5.11. The van der Waals surface area contributed by atoms with Gasteiger partial charge in [0.2, 0.25) is 5.91 Å². The second-order valence-corrected chi connectivity index (χ2v) is 8.97. The molecule has 2 heterocycles. The average molecular weight is 339 g/mol. The van der Waals surface area contributed by atoms with Crippen molar-refractivity contribution in [3.05, 3.63) is 35.9 Å². The van der Waals surface area contributed by atoms with E-state index in [1.54, 1.807) is 0 Å². The van der Waals surface area contributed by atoms with E-state index in [1.807, 2.05) is 0 Å². The molecule has 2 aliphatic carbocycles. The number of amides is 1. The minimum absolute atomic E-state index is 0.0102. The molecule has 0 N–H and O–H groups in total. The summed E-state index contributed by atoms with van der Waals surface area (Å²) in [4.78, 5) is 26.3. The first-order valence-electron chi connectivity index (χ1n) is 9.56. The molecule has 1 amide bonds. The molecular formula is C21H25NO3. The third-order valence-corrected chi connectivity index (χ3v) is 7.15. The highest BCUT2D eigenvalue weighted by atomic mass is 16.5. The summed E-state index contributed by atoms with van der Waals surface area (Å²) in [5.41, 5.74) is 1.80. The number of carbonyl (C=O) groups excluding carboxylic acids is 2. The number of benzene rings is 1. The number of cyclic esters (lactones) is 1. The van der Waals surface area contributed by atoms with Crippen LogP contribution < -0.4 is 0 Å². The van der Waals surface area contributed by atoms with E-state index in [1.165, 1.54) is 18.4 Å². The Morgan fingerprint density at radius 2 is 1.84 bits per heavy atom. The fraction of sp³-hybridized carbons (Fsp3) is 0.619. The van der Waals surface area contributed by atoms with E-state index >= 15 is 0 Å². The molecule has 2 spiro atoms. The standard InChI is InChI=1S/C21H25NO3/c23-18-12-21(14-25-18)10-17(11-21)19(24)22-7-6-20(13-22)8-16(9-20)15-4-2-1-3-5-15/h1-5,16-17H,6-14H2. The first-order chi connectivity index (χ1) is 12.1. The first-order valence-corrected chi connectivity index (χ1v) is 9.56. The minimum atomic E-state index is -0.0903. The van der Waals surface area contributed by atoms with Crippen LogP contribution in [0.3, 0.4) is 0 Å². The normalized spacial score (nSPS) is 39.4. The number of hydrogen-bond donors (Lipinski definition) is 0. The van der Waals surface area contributed by atoms with Gasteiger partial charge in [0, 0.05) is 24.4 Å². The van der Waals surface area contributed by atoms with Crippen molar-refractivity contribution in [2.75, 3.05) is 19.7 Å². The Labute approximate surface area is 148 Å². The fourth-order valence-electron chi connectivity index (χ4n) is 5.73.